The van der Waals surface area contributed by atoms with Crippen molar-refractivity contribution in [2.45, 2.75) is 6.92 Å². The molecule has 0 fully saturated rings. The summed E-state index contributed by atoms with van der Waals surface area (Å²) >= 11 is 7.19. The van der Waals surface area contributed by atoms with Crippen molar-refractivity contribution in [2.24, 2.45) is 0 Å². The van der Waals surface area contributed by atoms with Crippen molar-refractivity contribution in [3.8, 4) is 11.3 Å². The van der Waals surface area contributed by atoms with Crippen LogP contribution in [-0.4, -0.2) is 23.5 Å². The Morgan fingerprint density at radius 2 is 1.77 bits per heavy atom. The first-order chi connectivity index (χ1) is 15.0. The summed E-state index contributed by atoms with van der Waals surface area (Å²) in [7, 11) is 0. The summed E-state index contributed by atoms with van der Waals surface area (Å²) in [4.78, 5) is 30.3. The lowest BCUT2D eigenvalue weighted by Crippen LogP contribution is -2.12. The van der Waals surface area contributed by atoms with E-state index >= 15 is 0 Å². The van der Waals surface area contributed by atoms with E-state index in [0.29, 0.717) is 38.3 Å². The van der Waals surface area contributed by atoms with Crippen LogP contribution in [0, 0.1) is 0 Å². The molecule has 31 heavy (non-hydrogen) atoms. The zero-order valence-corrected chi connectivity index (χ0v) is 18.1. The molecular weight excluding hydrogens is 434 g/mol. The topological polar surface area (TPSA) is 94.3 Å². The van der Waals surface area contributed by atoms with E-state index in [0.717, 1.165) is 16.6 Å². The van der Waals surface area contributed by atoms with E-state index in [9.17, 15) is 9.59 Å². The molecule has 156 valence electrons. The highest BCUT2D eigenvalue weighted by atomic mass is 35.5. The molecule has 0 saturated carbocycles. The van der Waals surface area contributed by atoms with E-state index in [2.05, 4.69) is 10.3 Å². The molecule has 0 spiro atoms. The SMILES string of the molecule is CCOC(=O)c1ccc(NC(=O)c2sc3nc(-c4ccc(Cl)cc4)ccc3c2N)cc1. The zero-order valence-electron chi connectivity index (χ0n) is 16.5. The van der Waals surface area contributed by atoms with Crippen molar-refractivity contribution in [3.05, 3.63) is 76.1 Å². The number of fused-ring (bicyclic) bond motifs is 1. The minimum absolute atomic E-state index is 0.302. The minimum atomic E-state index is -0.406. The van der Waals surface area contributed by atoms with Crippen LogP contribution >= 0.6 is 22.9 Å². The highest BCUT2D eigenvalue weighted by molar-refractivity contribution is 7.21. The van der Waals surface area contributed by atoms with Crippen LogP contribution in [-0.2, 0) is 4.74 Å². The number of amides is 1. The quantitative estimate of drug-likeness (QED) is 0.383. The van der Waals surface area contributed by atoms with Gasteiger partial charge < -0.3 is 15.8 Å². The van der Waals surface area contributed by atoms with Crippen LogP contribution in [0.2, 0.25) is 5.02 Å². The van der Waals surface area contributed by atoms with Crippen molar-refractivity contribution >= 4 is 56.4 Å². The fourth-order valence-corrected chi connectivity index (χ4v) is 4.15. The number of carbonyl (C=O) groups excluding carboxylic acids is 2. The van der Waals surface area contributed by atoms with E-state index in [-0.39, 0.29) is 5.91 Å². The van der Waals surface area contributed by atoms with Gasteiger partial charge in [-0.2, -0.15) is 0 Å². The molecule has 0 atom stereocenters. The number of halogens is 1. The van der Waals surface area contributed by atoms with Crippen LogP contribution in [0.1, 0.15) is 27.0 Å². The standard InChI is InChI=1S/C23H18ClN3O3S/c1-2-30-23(29)14-5-9-16(10-6-14)26-21(28)20-19(25)17-11-12-18(27-22(17)31-20)13-3-7-15(24)8-4-13/h3-12H,2,25H2,1H3,(H,26,28). The Hall–Kier alpha value is -3.42. The van der Waals surface area contributed by atoms with Gasteiger partial charge in [0.2, 0.25) is 0 Å². The molecule has 0 aliphatic rings. The smallest absolute Gasteiger partial charge is 0.338 e. The summed E-state index contributed by atoms with van der Waals surface area (Å²) in [5.41, 5.74) is 9.27. The second-order valence-electron chi connectivity index (χ2n) is 6.65. The molecule has 0 aliphatic heterocycles. The molecule has 1 amide bonds. The third-order valence-electron chi connectivity index (χ3n) is 4.59. The molecule has 0 radical (unpaired) electrons. The summed E-state index contributed by atoms with van der Waals surface area (Å²) in [6, 6.07) is 17.6. The maximum Gasteiger partial charge on any atom is 0.338 e. The van der Waals surface area contributed by atoms with Gasteiger partial charge in [-0.3, -0.25) is 4.79 Å². The van der Waals surface area contributed by atoms with E-state index in [1.165, 1.54) is 11.3 Å². The number of nitrogens with zero attached hydrogens (tertiary/aromatic N) is 1. The molecule has 4 aromatic rings. The van der Waals surface area contributed by atoms with Crippen LogP contribution in [0.3, 0.4) is 0 Å². The zero-order chi connectivity index (χ0) is 22.0. The number of thiophene rings is 1. The van der Waals surface area contributed by atoms with E-state index in [4.69, 9.17) is 22.1 Å². The van der Waals surface area contributed by atoms with E-state index in [1.54, 1.807) is 43.3 Å². The molecule has 2 heterocycles. The number of nitrogen functional groups attached to an aromatic ring is 1. The number of nitrogens with two attached hydrogens (primary N) is 1. The number of carbonyl (C=O) groups is 2. The first-order valence-corrected chi connectivity index (χ1v) is 10.7. The number of benzene rings is 2. The van der Waals surface area contributed by atoms with Crippen LogP contribution < -0.4 is 11.1 Å². The van der Waals surface area contributed by atoms with Crippen molar-refractivity contribution in [1.29, 1.82) is 0 Å². The van der Waals surface area contributed by atoms with Gasteiger partial charge in [-0.15, -0.1) is 11.3 Å². The van der Waals surface area contributed by atoms with Gasteiger partial charge in [0, 0.05) is 21.7 Å². The lowest BCUT2D eigenvalue weighted by Gasteiger charge is -2.06. The van der Waals surface area contributed by atoms with Crippen LogP contribution in [0.15, 0.2) is 60.7 Å². The summed E-state index contributed by atoms with van der Waals surface area (Å²) in [6.45, 7) is 2.05. The molecule has 6 nitrogen and oxygen atoms in total. The summed E-state index contributed by atoms with van der Waals surface area (Å²) in [5.74, 6) is -0.742. The molecule has 3 N–H and O–H groups in total. The third-order valence-corrected chi connectivity index (χ3v) is 5.96. The minimum Gasteiger partial charge on any atom is -0.462 e. The summed E-state index contributed by atoms with van der Waals surface area (Å²) in [6.07, 6.45) is 0. The van der Waals surface area contributed by atoms with Crippen molar-refractivity contribution in [3.63, 3.8) is 0 Å². The van der Waals surface area contributed by atoms with Gasteiger partial charge in [0.15, 0.2) is 0 Å². The molecular formula is C23H18ClN3O3S. The van der Waals surface area contributed by atoms with Gasteiger partial charge in [-0.25, -0.2) is 9.78 Å². The predicted octanol–water partition coefficient (Wildman–Crippen LogP) is 5.63. The molecule has 2 aromatic carbocycles. The molecule has 8 heteroatoms. The number of rotatable bonds is 5. The summed E-state index contributed by atoms with van der Waals surface area (Å²) < 4.78 is 4.96. The number of ether oxygens (including phenoxy) is 1. The van der Waals surface area contributed by atoms with Crippen LogP contribution in [0.25, 0.3) is 21.5 Å². The van der Waals surface area contributed by atoms with E-state index in [1.807, 2.05) is 24.3 Å². The normalized spacial score (nSPS) is 10.8. The Bertz CT molecular complexity index is 1270. The molecule has 0 aliphatic carbocycles. The van der Waals surface area contributed by atoms with Gasteiger partial charge in [0.05, 0.1) is 23.6 Å². The van der Waals surface area contributed by atoms with Gasteiger partial charge >= 0.3 is 5.97 Å². The maximum absolute atomic E-state index is 12.8. The first-order valence-electron chi connectivity index (χ1n) is 9.49. The van der Waals surface area contributed by atoms with Gasteiger partial charge in [0.1, 0.15) is 9.71 Å². The number of pyridine rings is 1. The van der Waals surface area contributed by atoms with Gasteiger partial charge in [0.25, 0.3) is 5.91 Å². The predicted molar refractivity (Wildman–Crippen MR) is 125 cm³/mol. The monoisotopic (exact) mass is 451 g/mol. The Morgan fingerprint density at radius 1 is 1.06 bits per heavy atom. The lowest BCUT2D eigenvalue weighted by atomic mass is 10.1. The Kier molecular flexibility index (Phi) is 5.88. The fourth-order valence-electron chi connectivity index (χ4n) is 3.04. The summed E-state index contributed by atoms with van der Waals surface area (Å²) in [5, 5.41) is 4.19. The lowest BCUT2D eigenvalue weighted by molar-refractivity contribution is 0.0526. The van der Waals surface area contributed by atoms with Crippen LogP contribution in [0.4, 0.5) is 11.4 Å². The van der Waals surface area contributed by atoms with E-state index < -0.39 is 5.97 Å². The molecule has 0 bridgehead atoms. The Balaban J connectivity index is 1.57. The van der Waals surface area contributed by atoms with Crippen molar-refractivity contribution in [2.75, 3.05) is 17.7 Å². The highest BCUT2D eigenvalue weighted by Crippen LogP contribution is 2.34. The first kappa shape index (κ1) is 20.8. The number of hydrogen-bond donors (Lipinski definition) is 2. The average Bonchev–Trinajstić information content (AvgIpc) is 3.11. The maximum atomic E-state index is 12.8. The number of esters is 1. The number of aromatic nitrogens is 1. The van der Waals surface area contributed by atoms with Crippen LogP contribution in [0.5, 0.6) is 0 Å². The third kappa shape index (κ3) is 4.38. The number of hydrogen-bond acceptors (Lipinski definition) is 6. The Labute approximate surface area is 187 Å². The fraction of sp³-hybridized carbons (Fsp3) is 0.0870. The highest BCUT2D eigenvalue weighted by Gasteiger charge is 2.18. The molecule has 4 rings (SSSR count). The number of nitrogens with one attached hydrogen (secondary N) is 1. The largest absolute Gasteiger partial charge is 0.462 e. The molecule has 0 saturated heterocycles. The Morgan fingerprint density at radius 3 is 2.45 bits per heavy atom. The van der Waals surface area contributed by atoms with Gasteiger partial charge in [-0.1, -0.05) is 23.7 Å². The van der Waals surface area contributed by atoms with Crippen molar-refractivity contribution < 1.29 is 14.3 Å². The van der Waals surface area contributed by atoms with Crippen molar-refractivity contribution in [1.82, 2.24) is 4.98 Å². The molecule has 0 unspecified atom stereocenters. The molecule has 2 aromatic heterocycles. The average molecular weight is 452 g/mol. The second-order valence-corrected chi connectivity index (χ2v) is 8.09. The van der Waals surface area contributed by atoms with Gasteiger partial charge in [-0.05, 0) is 55.5 Å². The second kappa shape index (κ2) is 8.75. The number of anilines is 2.